The van der Waals surface area contributed by atoms with E-state index in [1.54, 1.807) is 45.0 Å². The molecule has 2 aromatic carbocycles. The van der Waals surface area contributed by atoms with Crippen LogP contribution in [0.3, 0.4) is 0 Å². The highest BCUT2D eigenvalue weighted by Gasteiger charge is 2.22. The van der Waals surface area contributed by atoms with Gasteiger partial charge in [-0.05, 0) is 51.1 Å². The first-order valence-corrected chi connectivity index (χ1v) is 10.6. The second kappa shape index (κ2) is 11.2. The van der Waals surface area contributed by atoms with Gasteiger partial charge in [-0.15, -0.1) is 0 Å². The number of anilines is 3. The topological polar surface area (TPSA) is 106 Å². The fourth-order valence-corrected chi connectivity index (χ4v) is 3.04. The van der Waals surface area contributed by atoms with E-state index < -0.39 is 24.2 Å². The maximum absolute atomic E-state index is 12.8. The fraction of sp³-hybridized carbons (Fsp3) is 0.318. The van der Waals surface area contributed by atoms with Gasteiger partial charge in [-0.3, -0.25) is 4.79 Å². The predicted molar refractivity (Wildman–Crippen MR) is 131 cm³/mol. The van der Waals surface area contributed by atoms with Crippen LogP contribution in [0.4, 0.5) is 21.9 Å². The van der Waals surface area contributed by atoms with Crippen LogP contribution >= 0.6 is 24.4 Å². The molecule has 33 heavy (non-hydrogen) atoms. The second-order valence-electron chi connectivity index (χ2n) is 7.83. The van der Waals surface area contributed by atoms with Crippen molar-refractivity contribution in [1.82, 2.24) is 0 Å². The smallest absolute Gasteiger partial charge is 0.344 e. The van der Waals surface area contributed by atoms with Gasteiger partial charge >= 0.3 is 12.0 Å². The van der Waals surface area contributed by atoms with Crippen molar-refractivity contribution in [1.29, 1.82) is 0 Å². The molecule has 9 nitrogen and oxygen atoms in total. The summed E-state index contributed by atoms with van der Waals surface area (Å²) < 4.78 is 17.0. The average molecular weight is 496 g/mol. The van der Waals surface area contributed by atoms with Crippen LogP contribution in [0.15, 0.2) is 36.4 Å². The summed E-state index contributed by atoms with van der Waals surface area (Å²) in [5.41, 5.74) is 0.554. The number of amides is 3. The second-order valence-corrected chi connectivity index (χ2v) is 8.64. The Hall–Kier alpha value is -3.11. The zero-order valence-electron chi connectivity index (χ0n) is 18.9. The number of nitrogens with one attached hydrogen (secondary N) is 2. The Morgan fingerprint density at radius 2 is 1.61 bits per heavy atom. The molecule has 0 fully saturated rings. The quantitative estimate of drug-likeness (QED) is 0.372. The highest BCUT2D eigenvalue weighted by molar-refractivity contribution is 7.82. The van der Waals surface area contributed by atoms with Crippen molar-refractivity contribution < 1.29 is 28.6 Å². The number of thiol groups is 1. The number of hydrogen-bond donors (Lipinski definition) is 3. The molecule has 11 heteroatoms. The summed E-state index contributed by atoms with van der Waals surface area (Å²) in [7, 11) is 1.42. The molecule has 0 radical (unpaired) electrons. The van der Waals surface area contributed by atoms with Gasteiger partial charge in [0, 0.05) is 24.4 Å². The summed E-state index contributed by atoms with van der Waals surface area (Å²) in [4.78, 5) is 36.0. The molecule has 3 amide bonds. The number of urea groups is 1. The minimum Gasteiger partial charge on any atom is -0.495 e. The molecule has 2 rings (SSSR count). The van der Waals surface area contributed by atoms with E-state index in [1.165, 1.54) is 26.2 Å². The Bertz CT molecular complexity index is 1020. The van der Waals surface area contributed by atoms with Gasteiger partial charge in [0.2, 0.25) is 5.91 Å². The number of rotatable bonds is 7. The van der Waals surface area contributed by atoms with Crippen LogP contribution in [0.5, 0.6) is 11.5 Å². The molecule has 0 aliphatic rings. The van der Waals surface area contributed by atoms with Gasteiger partial charge in [0.25, 0.3) is 0 Å². The van der Waals surface area contributed by atoms with Gasteiger partial charge in [0.05, 0.1) is 12.1 Å². The summed E-state index contributed by atoms with van der Waals surface area (Å²) in [6.07, 6.45) is 0. The molecule has 0 heterocycles. The third kappa shape index (κ3) is 8.07. The van der Waals surface area contributed by atoms with Crippen LogP contribution in [-0.4, -0.2) is 37.2 Å². The van der Waals surface area contributed by atoms with Crippen LogP contribution in [-0.2, 0) is 14.3 Å². The fourth-order valence-electron chi connectivity index (χ4n) is 2.60. The lowest BCUT2D eigenvalue weighted by Crippen LogP contribution is -2.29. The molecule has 178 valence electrons. The molecule has 0 atom stereocenters. The summed E-state index contributed by atoms with van der Waals surface area (Å²) in [5, 5.41) is 5.52. The minimum atomic E-state index is -0.675. The number of hydrogen-bond acceptors (Lipinski definition) is 7. The molecule has 2 N–H and O–H groups in total. The van der Waals surface area contributed by atoms with Gasteiger partial charge < -0.3 is 24.8 Å². The Labute approximate surface area is 202 Å². The lowest BCUT2D eigenvalue weighted by Gasteiger charge is -2.22. The van der Waals surface area contributed by atoms with Crippen LogP contribution in [0.2, 0.25) is 5.02 Å². The highest BCUT2D eigenvalue weighted by Crippen LogP contribution is 2.39. The summed E-state index contributed by atoms with van der Waals surface area (Å²) in [6.45, 7) is 6.22. The first-order valence-electron chi connectivity index (χ1n) is 9.79. The molecular formula is C22H26ClN3O6S. The Kier molecular flexibility index (Phi) is 8.84. The number of methoxy groups -OCH3 is 1. The number of carbonyl (C=O) groups excluding carboxylic acids is 3. The summed E-state index contributed by atoms with van der Waals surface area (Å²) >= 11 is 10.5. The number of halogens is 1. The molecule has 0 saturated heterocycles. The third-order valence-electron chi connectivity index (χ3n) is 3.88. The molecule has 0 saturated carbocycles. The number of carbonyl (C=O) groups is 3. The third-order valence-corrected chi connectivity index (χ3v) is 4.57. The van der Waals surface area contributed by atoms with Crippen molar-refractivity contribution >= 4 is 59.4 Å². The van der Waals surface area contributed by atoms with Gasteiger partial charge in [-0.25, -0.2) is 13.9 Å². The molecule has 0 aliphatic carbocycles. The van der Waals surface area contributed by atoms with Crippen molar-refractivity contribution in [2.24, 2.45) is 0 Å². The molecule has 0 aromatic heterocycles. The van der Waals surface area contributed by atoms with Crippen LogP contribution in [0.25, 0.3) is 0 Å². The first kappa shape index (κ1) is 26.1. The number of esters is 1. The zero-order valence-corrected chi connectivity index (χ0v) is 20.5. The van der Waals surface area contributed by atoms with E-state index in [-0.39, 0.29) is 28.1 Å². The SMILES string of the molecule is COc1cc(OCC(=O)OC(C)(C)C)c(N(S)C(=O)Nc2ccc(NC(C)=O)cc2)cc1Cl. The van der Waals surface area contributed by atoms with Crippen LogP contribution in [0.1, 0.15) is 27.7 Å². The maximum atomic E-state index is 12.8. The number of nitrogens with zero attached hydrogens (tertiary/aromatic N) is 1. The van der Waals surface area contributed by atoms with E-state index >= 15 is 0 Å². The number of ether oxygens (including phenoxy) is 3. The van der Waals surface area contributed by atoms with Crippen molar-refractivity contribution in [2.75, 3.05) is 28.7 Å². The van der Waals surface area contributed by atoms with Crippen molar-refractivity contribution in [3.63, 3.8) is 0 Å². The highest BCUT2D eigenvalue weighted by atomic mass is 35.5. The molecule has 0 spiro atoms. The van der Waals surface area contributed by atoms with Crippen LogP contribution in [0, 0.1) is 0 Å². The zero-order chi connectivity index (χ0) is 24.8. The van der Waals surface area contributed by atoms with Crippen LogP contribution < -0.4 is 24.4 Å². The molecule has 0 unspecified atom stereocenters. The van der Waals surface area contributed by atoms with Gasteiger partial charge in [-0.1, -0.05) is 24.4 Å². The van der Waals surface area contributed by atoms with Gasteiger partial charge in [0.15, 0.2) is 6.61 Å². The lowest BCUT2D eigenvalue weighted by atomic mass is 10.2. The van der Waals surface area contributed by atoms with E-state index in [4.69, 9.17) is 25.8 Å². The molecular weight excluding hydrogens is 470 g/mol. The first-order chi connectivity index (χ1) is 15.4. The van der Waals surface area contributed by atoms with E-state index in [0.717, 1.165) is 4.31 Å². The molecule has 0 aliphatic heterocycles. The lowest BCUT2D eigenvalue weighted by molar-refractivity contribution is -0.157. The average Bonchev–Trinajstić information content (AvgIpc) is 2.71. The minimum absolute atomic E-state index is 0.133. The predicted octanol–water partition coefficient (Wildman–Crippen LogP) is 4.91. The number of benzene rings is 2. The molecule has 0 bridgehead atoms. The largest absolute Gasteiger partial charge is 0.495 e. The van der Waals surface area contributed by atoms with E-state index in [1.807, 2.05) is 0 Å². The van der Waals surface area contributed by atoms with Crippen molar-refractivity contribution in [3.8, 4) is 11.5 Å². The Morgan fingerprint density at radius 3 is 2.12 bits per heavy atom. The summed E-state index contributed by atoms with van der Waals surface area (Å²) in [5.74, 6) is -0.371. The summed E-state index contributed by atoms with van der Waals surface area (Å²) in [6, 6.07) is 8.77. The standard InChI is InChI=1S/C22H26ClN3O6S/c1-13(27)24-14-6-8-15(9-7-14)25-21(29)26(33)17-10-16(23)18(30-5)11-19(17)31-12-20(28)32-22(2,3)4/h6-11,33H,12H2,1-5H3,(H,24,27)(H,25,29). The van der Waals surface area contributed by atoms with Crippen molar-refractivity contribution in [3.05, 3.63) is 41.4 Å². The van der Waals surface area contributed by atoms with Gasteiger partial charge in [-0.2, -0.15) is 0 Å². The monoisotopic (exact) mass is 495 g/mol. The van der Waals surface area contributed by atoms with Gasteiger partial charge in [0.1, 0.15) is 22.8 Å². The van der Waals surface area contributed by atoms with E-state index in [9.17, 15) is 14.4 Å². The van der Waals surface area contributed by atoms with E-state index in [2.05, 4.69) is 23.4 Å². The molecule has 2 aromatic rings. The van der Waals surface area contributed by atoms with Crippen molar-refractivity contribution in [2.45, 2.75) is 33.3 Å². The Morgan fingerprint density at radius 1 is 1.03 bits per heavy atom. The van der Waals surface area contributed by atoms with E-state index in [0.29, 0.717) is 11.4 Å². The normalized spacial score (nSPS) is 10.8. The maximum Gasteiger partial charge on any atom is 0.344 e. The Balaban J connectivity index is 2.20.